The molecule has 1 fully saturated rings. The van der Waals surface area contributed by atoms with Crippen molar-refractivity contribution < 1.29 is 0 Å². The van der Waals surface area contributed by atoms with Gasteiger partial charge in [0.2, 0.25) is 17.8 Å². The van der Waals surface area contributed by atoms with Crippen molar-refractivity contribution in [2.75, 3.05) is 28.6 Å². The van der Waals surface area contributed by atoms with Crippen molar-refractivity contribution in [1.82, 2.24) is 59.8 Å². The molecule has 16 rings (SSSR count). The van der Waals surface area contributed by atoms with Crippen molar-refractivity contribution >= 4 is 74.1 Å². The Balaban J connectivity index is 0.985. The van der Waals surface area contributed by atoms with Gasteiger partial charge in [-0.15, -0.1) is 0 Å². The largest absolute Gasteiger partial charge is 0.495 e. The molecule has 21 heteroatoms. The molecule has 12 aromatic rings. The first-order chi connectivity index (χ1) is 40.2. The van der Waals surface area contributed by atoms with Crippen LogP contribution in [0.25, 0.3) is 67.5 Å². The highest BCUT2D eigenvalue weighted by Crippen LogP contribution is 2.55. The lowest BCUT2D eigenvalue weighted by Gasteiger charge is -2.49. The lowest BCUT2D eigenvalue weighted by molar-refractivity contribution is 1.08. The first-order valence-electron chi connectivity index (χ1n) is 26.4. The summed E-state index contributed by atoms with van der Waals surface area (Å²) < 4.78 is 6.55. The van der Waals surface area contributed by atoms with Crippen LogP contribution in [0.15, 0.2) is 237 Å². The highest BCUT2D eigenvalue weighted by Gasteiger charge is 2.73. The Hall–Kier alpha value is -11.2. The third-order valence-electron chi connectivity index (χ3n) is 14.8. The van der Waals surface area contributed by atoms with Crippen LogP contribution in [0.2, 0.25) is 0 Å². The van der Waals surface area contributed by atoms with E-state index in [2.05, 4.69) is 87.0 Å². The van der Waals surface area contributed by atoms with Crippen LogP contribution in [0.3, 0.4) is 0 Å². The number of hydrogen-bond donors (Lipinski definition) is 0. The van der Waals surface area contributed by atoms with Crippen molar-refractivity contribution in [3.8, 4) is 67.5 Å². The molecule has 6 aromatic carbocycles. The van der Waals surface area contributed by atoms with Crippen molar-refractivity contribution in [3.05, 3.63) is 237 Å². The van der Waals surface area contributed by atoms with Crippen LogP contribution in [0, 0.1) is 0 Å². The molecule has 0 spiro atoms. The molecule has 0 atom stereocenters. The highest BCUT2D eigenvalue weighted by atomic mass is 15.6. The average molecular weight is 1040 g/mol. The molecule has 0 aliphatic carbocycles. The lowest BCUT2D eigenvalue weighted by Crippen LogP contribution is -2.84. The minimum Gasteiger partial charge on any atom is -0.365 e. The smallest absolute Gasteiger partial charge is 0.365 e. The predicted molar refractivity (Wildman–Crippen MR) is 316 cm³/mol. The van der Waals surface area contributed by atoms with Gasteiger partial charge in [0.15, 0.2) is 34.9 Å². The van der Waals surface area contributed by atoms with Crippen LogP contribution in [0.4, 0.5) is 52.8 Å². The van der Waals surface area contributed by atoms with E-state index >= 15 is 0 Å². The monoisotopic (exact) mass is 1040 g/mol. The second-order valence-corrected chi connectivity index (χ2v) is 19.5. The molecule has 81 heavy (non-hydrogen) atoms. The molecule has 0 N–H and O–H groups in total. The van der Waals surface area contributed by atoms with Crippen LogP contribution < -0.4 is 28.6 Å². The maximum absolute atomic E-state index is 5.47. The fourth-order valence-corrected chi connectivity index (χ4v) is 11.3. The van der Waals surface area contributed by atoms with E-state index in [4.69, 9.17) is 59.8 Å². The Morgan fingerprint density at radius 3 is 0.605 bits per heavy atom. The highest BCUT2D eigenvalue weighted by molar-refractivity contribution is 7.10. The first kappa shape index (κ1) is 45.9. The number of fused-ring (bicyclic) bond motifs is 12. The average Bonchev–Trinajstić information content (AvgIpc) is 4.39. The van der Waals surface area contributed by atoms with E-state index in [9.17, 15) is 0 Å². The molecule has 4 aliphatic rings. The second kappa shape index (κ2) is 18.8. The molecule has 4 aliphatic heterocycles. The number of hydrogen-bond acceptors (Lipinski definition) is 18. The van der Waals surface area contributed by atoms with Crippen LogP contribution in [0.5, 0.6) is 0 Å². The van der Waals surface area contributed by atoms with Crippen molar-refractivity contribution in [2.45, 2.75) is 0 Å². The minimum atomic E-state index is -0.891. The normalized spacial score (nSPS) is 13.7. The minimum absolute atomic E-state index is 0.362. The Kier molecular flexibility index (Phi) is 10.6. The summed E-state index contributed by atoms with van der Waals surface area (Å²) in [7, 11) is -2.67. The van der Waals surface area contributed by atoms with Crippen molar-refractivity contribution in [3.63, 3.8) is 0 Å². The van der Waals surface area contributed by atoms with Gasteiger partial charge in [0.25, 0.3) is 0 Å². The van der Waals surface area contributed by atoms with Gasteiger partial charge in [-0.25, -0.2) is 59.8 Å². The fraction of sp³-hybridized carbons (Fsp3) is 0. The number of rotatable bonds is 9. The number of anilines is 9. The molecule has 0 unspecified atom stereocenters. The van der Waals surface area contributed by atoms with E-state index in [0.717, 1.165) is 33.4 Å². The summed E-state index contributed by atoms with van der Waals surface area (Å²) in [5.41, 5.74) is 9.73. The van der Waals surface area contributed by atoms with E-state index in [1.54, 1.807) is 37.2 Å². The second-order valence-electron chi connectivity index (χ2n) is 19.5. The Morgan fingerprint density at radius 2 is 0.407 bits per heavy atom. The molecule has 6 aromatic heterocycles. The molecule has 0 bridgehead atoms. The summed E-state index contributed by atoms with van der Waals surface area (Å²) in [6, 6.07) is 66.8. The molecule has 0 radical (unpaired) electrons. The van der Waals surface area contributed by atoms with Crippen LogP contribution >= 0.6 is 0 Å². The predicted octanol–water partition coefficient (Wildman–Crippen LogP) is 10.7. The van der Waals surface area contributed by atoms with E-state index in [0.29, 0.717) is 86.9 Å². The summed E-state index contributed by atoms with van der Waals surface area (Å²) in [6.45, 7) is 0. The standard InChI is InChI=1S/C60H39B3N18/c1-7-19-40(20-8-1)46-37-47(41-21-9-2-10-22-41)71-58(70-46)76-52-55(67-34-31-64-52)79-61(76)80-56-53(65-32-35-68-56)77(59-72-48(42-23-11-3-12-24-42)38-49(73-59)43-25-13-4-14-26-43)63(80)81-57-54(66-33-36-69-57)78(62(79)81)60-74-50(44-27-15-5-16-28-44)39-51(75-60)45-29-17-6-18-30-45/h1-39H. The van der Waals surface area contributed by atoms with Crippen molar-refractivity contribution in [1.29, 1.82) is 0 Å². The molecule has 1 saturated heterocycles. The summed E-state index contributed by atoms with van der Waals surface area (Å²) in [5.74, 6) is 4.11. The molecule has 0 saturated carbocycles. The Labute approximate surface area is 465 Å². The molecular weight excluding hydrogens is 1010 g/mol. The number of benzene rings is 6. The fourth-order valence-electron chi connectivity index (χ4n) is 11.3. The zero-order valence-electron chi connectivity index (χ0n) is 42.8. The van der Waals surface area contributed by atoms with E-state index in [1.165, 1.54) is 0 Å². The van der Waals surface area contributed by atoms with Crippen LogP contribution in [0.1, 0.15) is 0 Å². The van der Waals surface area contributed by atoms with Crippen molar-refractivity contribution in [2.24, 2.45) is 0 Å². The van der Waals surface area contributed by atoms with E-state index in [-0.39, 0.29) is 0 Å². The van der Waals surface area contributed by atoms with Gasteiger partial charge in [-0.2, -0.15) is 0 Å². The van der Waals surface area contributed by atoms with Gasteiger partial charge >= 0.3 is 21.4 Å². The zero-order valence-corrected chi connectivity index (χ0v) is 42.8. The van der Waals surface area contributed by atoms with Gasteiger partial charge in [-0.3, -0.25) is 14.4 Å². The van der Waals surface area contributed by atoms with Gasteiger partial charge < -0.3 is 14.2 Å². The van der Waals surface area contributed by atoms with Gasteiger partial charge in [0, 0.05) is 70.6 Å². The van der Waals surface area contributed by atoms with Crippen LogP contribution in [-0.4, -0.2) is 81.2 Å². The van der Waals surface area contributed by atoms with Gasteiger partial charge in [-0.1, -0.05) is 182 Å². The summed E-state index contributed by atoms with van der Waals surface area (Å²) in [6.07, 6.45) is 10.2. The van der Waals surface area contributed by atoms with E-state index in [1.807, 2.05) is 142 Å². The maximum Gasteiger partial charge on any atom is 0.495 e. The van der Waals surface area contributed by atoms with Crippen LogP contribution in [-0.2, 0) is 0 Å². The van der Waals surface area contributed by atoms with Gasteiger partial charge in [-0.05, 0) is 18.2 Å². The third-order valence-corrected chi connectivity index (χ3v) is 14.8. The van der Waals surface area contributed by atoms with Gasteiger partial charge in [0.1, 0.15) is 0 Å². The number of nitrogens with zero attached hydrogens (tertiary/aromatic N) is 18. The number of aromatic nitrogens is 12. The molecule has 0 amide bonds. The maximum atomic E-state index is 5.47. The first-order valence-corrected chi connectivity index (χ1v) is 26.4. The molecule has 18 nitrogen and oxygen atoms in total. The Bertz CT molecular complexity index is 3710. The summed E-state index contributed by atoms with van der Waals surface area (Å²) in [5, 5.41) is 0. The molecular formula is C60H39B3N18. The molecule has 378 valence electrons. The van der Waals surface area contributed by atoms with E-state index < -0.39 is 21.4 Å². The topological polar surface area (TPSA) is 174 Å². The quantitative estimate of drug-likeness (QED) is 0.125. The summed E-state index contributed by atoms with van der Waals surface area (Å²) in [4.78, 5) is 70.2. The van der Waals surface area contributed by atoms with Gasteiger partial charge in [0.05, 0.1) is 34.2 Å². The molecule has 10 heterocycles. The SMILES string of the molecule is c1ccc(-c2cc(-c3ccccc3)nc(N3B4N(B5N(B6N4c4nccnc4N6c4nc(-c6ccccc6)cc(-c6ccccc6)n4)c4nccnc4N5c4nc(-c5ccccc5)cc(-c5ccccc5)n4)c4nccnc43)n2)cc1. The lowest BCUT2D eigenvalue weighted by atomic mass is 9.56. The summed E-state index contributed by atoms with van der Waals surface area (Å²) >= 11 is 0. The zero-order chi connectivity index (χ0) is 53.4. The third kappa shape index (κ3) is 7.54. The Morgan fingerprint density at radius 1 is 0.222 bits per heavy atom.